The minimum Gasteiger partial charge on any atom is -0.299 e. The van der Waals surface area contributed by atoms with Gasteiger partial charge in [-0.05, 0) is 17.8 Å². The van der Waals surface area contributed by atoms with Gasteiger partial charge >= 0.3 is 0 Å². The van der Waals surface area contributed by atoms with E-state index in [4.69, 9.17) is 0 Å². The van der Waals surface area contributed by atoms with Crippen molar-refractivity contribution >= 4 is 5.78 Å². The van der Waals surface area contributed by atoms with Gasteiger partial charge in [0, 0.05) is 11.3 Å². The van der Waals surface area contributed by atoms with Crippen molar-refractivity contribution in [3.8, 4) is 0 Å². The van der Waals surface area contributed by atoms with E-state index >= 15 is 0 Å². The molecule has 0 N–H and O–H groups in total. The smallest absolute Gasteiger partial charge is 0.142 e. The van der Waals surface area contributed by atoms with Crippen LogP contribution in [-0.2, 0) is 4.79 Å². The first-order valence-electron chi connectivity index (χ1n) is 4.42. The van der Waals surface area contributed by atoms with E-state index in [9.17, 15) is 4.79 Å². The quantitative estimate of drug-likeness (QED) is 0.520. The van der Waals surface area contributed by atoms with E-state index in [1.807, 2.05) is 0 Å². The number of carbonyl (C=O) groups excluding carboxylic acids is 1. The van der Waals surface area contributed by atoms with Gasteiger partial charge in [0.05, 0.1) is 0 Å². The van der Waals surface area contributed by atoms with Crippen molar-refractivity contribution in [1.29, 1.82) is 0 Å². The van der Waals surface area contributed by atoms with Crippen LogP contribution in [0.15, 0.2) is 0 Å². The second kappa shape index (κ2) is 1.55. The molecule has 0 aromatic heterocycles. The van der Waals surface area contributed by atoms with Crippen LogP contribution in [0.25, 0.3) is 0 Å². The minimum atomic E-state index is -0.00907. The van der Waals surface area contributed by atoms with E-state index in [1.165, 1.54) is 0 Å². The van der Waals surface area contributed by atoms with E-state index < -0.39 is 0 Å². The second-order valence-electron chi connectivity index (χ2n) is 5.36. The van der Waals surface area contributed by atoms with Crippen LogP contribution in [0.2, 0.25) is 0 Å². The van der Waals surface area contributed by atoms with E-state index in [0.717, 1.165) is 6.42 Å². The summed E-state index contributed by atoms with van der Waals surface area (Å²) in [6.45, 7) is 8.60. The zero-order valence-electron chi connectivity index (χ0n) is 7.77. The molecule has 11 heavy (non-hydrogen) atoms. The Labute approximate surface area is 68.2 Å². The zero-order chi connectivity index (χ0) is 8.44. The Bertz CT molecular complexity index is 225. The van der Waals surface area contributed by atoms with Crippen LogP contribution in [-0.4, -0.2) is 5.78 Å². The highest BCUT2D eigenvalue weighted by molar-refractivity contribution is 5.92. The first kappa shape index (κ1) is 7.33. The number of hydrogen-bond donors (Lipinski definition) is 0. The van der Waals surface area contributed by atoms with Crippen LogP contribution >= 0.6 is 0 Å². The van der Waals surface area contributed by atoms with Crippen molar-refractivity contribution in [3.05, 3.63) is 0 Å². The molecule has 2 rings (SSSR count). The molecule has 0 aromatic rings. The topological polar surface area (TPSA) is 17.1 Å². The standard InChI is InChI=1S/C10H16O/c1-9(2)5-6-7(8(9)11)10(6,3)4/h6-7H,5H2,1-4H3. The maximum Gasteiger partial charge on any atom is 0.142 e. The van der Waals surface area contributed by atoms with Crippen LogP contribution in [0.4, 0.5) is 0 Å². The Morgan fingerprint density at radius 3 is 2.09 bits per heavy atom. The molecule has 2 aliphatic rings. The van der Waals surface area contributed by atoms with Gasteiger partial charge in [-0.2, -0.15) is 0 Å². The van der Waals surface area contributed by atoms with E-state index in [2.05, 4.69) is 27.7 Å². The third kappa shape index (κ3) is 0.692. The molecule has 62 valence electrons. The summed E-state index contributed by atoms with van der Waals surface area (Å²) in [7, 11) is 0. The predicted molar refractivity (Wildman–Crippen MR) is 44.2 cm³/mol. The molecule has 2 aliphatic carbocycles. The highest BCUT2D eigenvalue weighted by atomic mass is 16.1. The van der Waals surface area contributed by atoms with Crippen molar-refractivity contribution in [2.45, 2.75) is 34.1 Å². The van der Waals surface area contributed by atoms with Gasteiger partial charge in [0.1, 0.15) is 5.78 Å². The van der Waals surface area contributed by atoms with Crippen LogP contribution in [0.5, 0.6) is 0 Å². The maximum atomic E-state index is 11.7. The van der Waals surface area contributed by atoms with Gasteiger partial charge in [-0.25, -0.2) is 0 Å². The lowest BCUT2D eigenvalue weighted by Crippen LogP contribution is -2.24. The molecule has 0 amide bonds. The van der Waals surface area contributed by atoms with Gasteiger partial charge in [-0.3, -0.25) is 4.79 Å². The molecule has 0 bridgehead atoms. The summed E-state index contributed by atoms with van der Waals surface area (Å²) in [5, 5.41) is 0. The van der Waals surface area contributed by atoms with E-state index in [-0.39, 0.29) is 5.41 Å². The fourth-order valence-electron chi connectivity index (χ4n) is 2.72. The highest BCUT2D eigenvalue weighted by Gasteiger charge is 2.69. The molecule has 2 saturated carbocycles. The van der Waals surface area contributed by atoms with Gasteiger partial charge in [0.15, 0.2) is 0 Å². The monoisotopic (exact) mass is 152 g/mol. The predicted octanol–water partition coefficient (Wildman–Crippen LogP) is 2.26. The molecule has 1 heteroatoms. The lowest BCUT2D eigenvalue weighted by molar-refractivity contribution is -0.127. The third-order valence-electron chi connectivity index (χ3n) is 3.73. The Hall–Kier alpha value is -0.330. The summed E-state index contributed by atoms with van der Waals surface area (Å²) in [5.74, 6) is 1.61. The van der Waals surface area contributed by atoms with Gasteiger partial charge in [-0.1, -0.05) is 27.7 Å². The Morgan fingerprint density at radius 1 is 1.27 bits per heavy atom. The van der Waals surface area contributed by atoms with Gasteiger partial charge in [0.2, 0.25) is 0 Å². The van der Waals surface area contributed by atoms with Crippen LogP contribution in [0, 0.1) is 22.7 Å². The van der Waals surface area contributed by atoms with Crippen molar-refractivity contribution in [2.75, 3.05) is 0 Å². The summed E-state index contributed by atoms with van der Waals surface area (Å²) in [5.41, 5.74) is 0.331. The third-order valence-corrected chi connectivity index (χ3v) is 3.73. The summed E-state index contributed by atoms with van der Waals surface area (Å²) in [6.07, 6.45) is 1.11. The van der Waals surface area contributed by atoms with Crippen LogP contribution < -0.4 is 0 Å². The van der Waals surface area contributed by atoms with E-state index in [0.29, 0.717) is 23.0 Å². The number of ketones is 1. The largest absolute Gasteiger partial charge is 0.299 e. The Kier molecular flexibility index (Phi) is 1.03. The van der Waals surface area contributed by atoms with E-state index in [1.54, 1.807) is 0 Å². The van der Waals surface area contributed by atoms with Crippen molar-refractivity contribution in [3.63, 3.8) is 0 Å². The number of hydrogen-bond acceptors (Lipinski definition) is 1. The lowest BCUT2D eigenvalue weighted by atomic mass is 9.81. The first-order chi connectivity index (χ1) is 4.87. The second-order valence-corrected chi connectivity index (χ2v) is 5.36. The molecule has 0 saturated heterocycles. The Morgan fingerprint density at radius 2 is 1.82 bits per heavy atom. The fraction of sp³-hybridized carbons (Fsp3) is 0.900. The summed E-state index contributed by atoms with van der Waals surface area (Å²) in [4.78, 5) is 11.7. The van der Waals surface area contributed by atoms with Gasteiger partial charge in [0.25, 0.3) is 0 Å². The molecule has 2 atom stereocenters. The number of rotatable bonds is 0. The minimum absolute atomic E-state index is 0.00907. The molecular weight excluding hydrogens is 136 g/mol. The molecule has 2 fully saturated rings. The number of fused-ring (bicyclic) bond motifs is 1. The molecule has 2 unspecified atom stereocenters. The molecule has 0 aliphatic heterocycles. The van der Waals surface area contributed by atoms with Crippen LogP contribution in [0.1, 0.15) is 34.1 Å². The van der Waals surface area contributed by atoms with Crippen LogP contribution in [0.3, 0.4) is 0 Å². The molecular formula is C10H16O. The first-order valence-corrected chi connectivity index (χ1v) is 4.42. The SMILES string of the molecule is CC1(C)CC2C(C1=O)C2(C)C. The molecule has 0 aromatic carbocycles. The van der Waals surface area contributed by atoms with Crippen molar-refractivity contribution in [2.24, 2.45) is 22.7 Å². The summed E-state index contributed by atoms with van der Waals surface area (Å²) in [6, 6.07) is 0. The van der Waals surface area contributed by atoms with Gasteiger partial charge in [-0.15, -0.1) is 0 Å². The Balaban J connectivity index is 2.25. The molecule has 0 heterocycles. The lowest BCUT2D eigenvalue weighted by Gasteiger charge is -2.21. The number of Topliss-reactive ketones (excluding diaryl/α,β-unsaturated/α-hetero) is 1. The van der Waals surface area contributed by atoms with Crippen molar-refractivity contribution in [1.82, 2.24) is 0 Å². The molecule has 1 nitrogen and oxygen atoms in total. The highest BCUT2D eigenvalue weighted by Crippen LogP contribution is 2.69. The number of carbonyl (C=O) groups is 1. The summed E-state index contributed by atoms with van der Waals surface area (Å²) >= 11 is 0. The zero-order valence-corrected chi connectivity index (χ0v) is 7.77. The van der Waals surface area contributed by atoms with Gasteiger partial charge < -0.3 is 0 Å². The molecule has 0 spiro atoms. The normalized spacial score (nSPS) is 43.8. The maximum absolute atomic E-state index is 11.7. The summed E-state index contributed by atoms with van der Waals surface area (Å²) < 4.78 is 0. The molecule has 0 radical (unpaired) electrons. The fourth-order valence-corrected chi connectivity index (χ4v) is 2.72. The average Bonchev–Trinajstić information content (AvgIpc) is 2.18. The average molecular weight is 152 g/mol. The van der Waals surface area contributed by atoms with Crippen molar-refractivity contribution < 1.29 is 4.79 Å².